The third-order valence-corrected chi connectivity index (χ3v) is 3.71. The molecule has 1 N–H and O–H groups in total. The molecule has 1 amide bonds. The summed E-state index contributed by atoms with van der Waals surface area (Å²) in [5.74, 6) is -0.0347. The van der Waals surface area contributed by atoms with Crippen LogP contribution in [0, 0.1) is 5.41 Å². The third-order valence-electron chi connectivity index (χ3n) is 3.71. The molecule has 0 aromatic carbocycles. The molecule has 4 heteroatoms. The highest BCUT2D eigenvalue weighted by Crippen LogP contribution is 2.24. The molecule has 4 nitrogen and oxygen atoms in total. The van der Waals surface area contributed by atoms with Crippen LogP contribution in [0.2, 0.25) is 0 Å². The van der Waals surface area contributed by atoms with E-state index in [1.807, 2.05) is 19.2 Å². The number of hydrogen-bond acceptors (Lipinski definition) is 3. The molecule has 0 fully saturated rings. The van der Waals surface area contributed by atoms with Gasteiger partial charge in [0.15, 0.2) is 0 Å². The highest BCUT2D eigenvalue weighted by Gasteiger charge is 2.28. The van der Waals surface area contributed by atoms with Crippen LogP contribution in [0.1, 0.15) is 51.5 Å². The fourth-order valence-electron chi connectivity index (χ4n) is 1.86. The summed E-state index contributed by atoms with van der Waals surface area (Å²) in [6, 6.07) is 3.85. The summed E-state index contributed by atoms with van der Waals surface area (Å²) >= 11 is 0. The monoisotopic (exact) mass is 277 g/mol. The molecule has 1 unspecified atom stereocenters. The van der Waals surface area contributed by atoms with Gasteiger partial charge in [-0.25, -0.2) is 0 Å². The zero-order chi connectivity index (χ0) is 15.3. The van der Waals surface area contributed by atoms with E-state index in [1.165, 1.54) is 0 Å². The first-order chi connectivity index (χ1) is 9.27. The average Bonchev–Trinajstić information content (AvgIpc) is 2.42. The van der Waals surface area contributed by atoms with Crippen LogP contribution in [-0.4, -0.2) is 35.4 Å². The number of hydrogen-bond donors (Lipinski definition) is 1. The molecule has 0 radical (unpaired) electrons. The topological polar surface area (TPSA) is 45.2 Å². The van der Waals surface area contributed by atoms with E-state index in [1.54, 1.807) is 11.1 Å². The second-order valence-corrected chi connectivity index (χ2v) is 6.31. The fraction of sp³-hybridized carbons (Fsp3) is 0.625. The van der Waals surface area contributed by atoms with Gasteiger partial charge in [-0.15, -0.1) is 0 Å². The maximum Gasteiger partial charge on any atom is 0.272 e. The van der Waals surface area contributed by atoms with E-state index in [9.17, 15) is 4.79 Å². The minimum atomic E-state index is -0.0347. The highest BCUT2D eigenvalue weighted by molar-refractivity contribution is 5.93. The summed E-state index contributed by atoms with van der Waals surface area (Å²) in [6.45, 7) is 11.5. The van der Waals surface area contributed by atoms with Crippen molar-refractivity contribution in [2.45, 2.75) is 47.1 Å². The van der Waals surface area contributed by atoms with Gasteiger partial charge in [0.25, 0.3) is 5.91 Å². The molecule has 1 heterocycles. The molecular formula is C16H27N3O. The number of nitrogens with one attached hydrogen (secondary N) is 1. The van der Waals surface area contributed by atoms with Crippen molar-refractivity contribution in [2.24, 2.45) is 5.41 Å². The Balaban J connectivity index is 2.86. The van der Waals surface area contributed by atoms with E-state index in [0.717, 1.165) is 18.7 Å². The van der Waals surface area contributed by atoms with Gasteiger partial charge in [-0.3, -0.25) is 9.78 Å². The molecule has 1 rings (SSSR count). The van der Waals surface area contributed by atoms with Gasteiger partial charge in [0.1, 0.15) is 5.69 Å². The SMILES string of the molecule is CCCNc1ccnc(C(=O)N(C)C(C)C(C)(C)C)c1. The number of amides is 1. The largest absolute Gasteiger partial charge is 0.385 e. The molecule has 0 aliphatic heterocycles. The lowest BCUT2D eigenvalue weighted by molar-refractivity contribution is 0.0623. The van der Waals surface area contributed by atoms with Crippen LogP contribution >= 0.6 is 0 Å². The third kappa shape index (κ3) is 4.22. The van der Waals surface area contributed by atoms with Gasteiger partial charge in [-0.05, 0) is 30.9 Å². The Labute approximate surface area is 122 Å². The maximum atomic E-state index is 12.5. The number of rotatable bonds is 5. The predicted octanol–water partition coefficient (Wildman–Crippen LogP) is 3.41. The second-order valence-electron chi connectivity index (χ2n) is 6.31. The molecule has 0 saturated carbocycles. The Morgan fingerprint density at radius 2 is 2.10 bits per heavy atom. The molecule has 1 atom stereocenters. The van der Waals surface area contributed by atoms with Crippen molar-refractivity contribution in [3.05, 3.63) is 24.0 Å². The zero-order valence-corrected chi connectivity index (χ0v) is 13.5. The number of aromatic nitrogens is 1. The Morgan fingerprint density at radius 1 is 1.45 bits per heavy atom. The van der Waals surface area contributed by atoms with Crippen molar-refractivity contribution in [1.82, 2.24) is 9.88 Å². The minimum absolute atomic E-state index is 0.0347. The molecular weight excluding hydrogens is 250 g/mol. The first-order valence-electron chi connectivity index (χ1n) is 7.24. The van der Waals surface area contributed by atoms with Gasteiger partial charge in [0, 0.05) is 31.5 Å². The predicted molar refractivity (Wildman–Crippen MR) is 84.0 cm³/mol. The van der Waals surface area contributed by atoms with Gasteiger partial charge in [-0.1, -0.05) is 27.7 Å². The van der Waals surface area contributed by atoms with Crippen LogP contribution in [0.25, 0.3) is 0 Å². The van der Waals surface area contributed by atoms with Crippen molar-refractivity contribution in [3.63, 3.8) is 0 Å². The lowest BCUT2D eigenvalue weighted by atomic mass is 9.87. The molecule has 1 aromatic rings. The van der Waals surface area contributed by atoms with Crippen LogP contribution in [0.15, 0.2) is 18.3 Å². The number of carbonyl (C=O) groups is 1. The zero-order valence-electron chi connectivity index (χ0n) is 13.5. The Bertz CT molecular complexity index is 451. The first-order valence-corrected chi connectivity index (χ1v) is 7.24. The van der Waals surface area contributed by atoms with Crippen LogP contribution in [0.4, 0.5) is 5.69 Å². The quantitative estimate of drug-likeness (QED) is 0.897. The number of anilines is 1. The van der Waals surface area contributed by atoms with Crippen LogP contribution in [0.5, 0.6) is 0 Å². The van der Waals surface area contributed by atoms with Crippen molar-refractivity contribution in [2.75, 3.05) is 18.9 Å². The first kappa shape index (κ1) is 16.5. The highest BCUT2D eigenvalue weighted by atomic mass is 16.2. The van der Waals surface area contributed by atoms with Crippen LogP contribution < -0.4 is 5.32 Å². The Morgan fingerprint density at radius 3 is 2.65 bits per heavy atom. The minimum Gasteiger partial charge on any atom is -0.385 e. The van der Waals surface area contributed by atoms with Gasteiger partial charge in [-0.2, -0.15) is 0 Å². The Kier molecular flexibility index (Phi) is 5.54. The molecule has 0 aliphatic rings. The van der Waals surface area contributed by atoms with Gasteiger partial charge < -0.3 is 10.2 Å². The van der Waals surface area contributed by atoms with E-state index in [2.05, 4.69) is 44.9 Å². The van der Waals surface area contributed by atoms with E-state index in [4.69, 9.17) is 0 Å². The summed E-state index contributed by atoms with van der Waals surface area (Å²) in [5.41, 5.74) is 1.48. The number of pyridine rings is 1. The standard InChI is InChI=1S/C16H27N3O/c1-7-9-17-13-8-10-18-14(11-13)15(20)19(6)12(2)16(3,4)5/h8,10-12H,7,9H2,1-6H3,(H,17,18). The molecule has 0 bridgehead atoms. The summed E-state index contributed by atoms with van der Waals surface area (Å²) in [4.78, 5) is 18.5. The van der Waals surface area contributed by atoms with E-state index in [-0.39, 0.29) is 17.4 Å². The van der Waals surface area contributed by atoms with Crippen LogP contribution in [0.3, 0.4) is 0 Å². The molecule has 0 spiro atoms. The Hall–Kier alpha value is -1.58. The van der Waals surface area contributed by atoms with Gasteiger partial charge >= 0.3 is 0 Å². The summed E-state index contributed by atoms with van der Waals surface area (Å²) < 4.78 is 0. The lowest BCUT2D eigenvalue weighted by Crippen LogP contribution is -2.43. The van der Waals surface area contributed by atoms with Crippen molar-refractivity contribution >= 4 is 11.6 Å². The number of nitrogens with zero attached hydrogens (tertiary/aromatic N) is 2. The molecule has 112 valence electrons. The lowest BCUT2D eigenvalue weighted by Gasteiger charge is -2.35. The summed E-state index contributed by atoms with van der Waals surface area (Å²) in [5, 5.41) is 3.28. The van der Waals surface area contributed by atoms with Crippen molar-refractivity contribution in [3.8, 4) is 0 Å². The van der Waals surface area contributed by atoms with Gasteiger partial charge in [0.05, 0.1) is 0 Å². The van der Waals surface area contributed by atoms with E-state index < -0.39 is 0 Å². The molecule has 0 saturated heterocycles. The second kappa shape index (κ2) is 6.73. The van der Waals surface area contributed by atoms with E-state index in [0.29, 0.717) is 5.69 Å². The maximum absolute atomic E-state index is 12.5. The number of carbonyl (C=O) groups excluding carboxylic acids is 1. The summed E-state index contributed by atoms with van der Waals surface area (Å²) in [7, 11) is 1.84. The fourth-order valence-corrected chi connectivity index (χ4v) is 1.86. The summed E-state index contributed by atoms with van der Waals surface area (Å²) in [6.07, 6.45) is 2.73. The van der Waals surface area contributed by atoms with Crippen molar-refractivity contribution < 1.29 is 4.79 Å². The van der Waals surface area contributed by atoms with E-state index >= 15 is 0 Å². The molecule has 1 aromatic heterocycles. The normalized spacial score (nSPS) is 12.9. The van der Waals surface area contributed by atoms with Gasteiger partial charge in [0.2, 0.25) is 0 Å². The molecule has 0 aliphatic carbocycles. The average molecular weight is 277 g/mol. The smallest absolute Gasteiger partial charge is 0.272 e. The molecule has 20 heavy (non-hydrogen) atoms. The van der Waals surface area contributed by atoms with Crippen molar-refractivity contribution in [1.29, 1.82) is 0 Å². The van der Waals surface area contributed by atoms with Crippen LogP contribution in [-0.2, 0) is 0 Å².